The Bertz CT molecular complexity index is 2070. The van der Waals surface area contributed by atoms with Crippen molar-refractivity contribution in [3.8, 4) is 17.2 Å². The van der Waals surface area contributed by atoms with Crippen molar-refractivity contribution in [2.45, 2.75) is 46.4 Å². The summed E-state index contributed by atoms with van der Waals surface area (Å²) in [5.41, 5.74) is 2.50. The number of thiazole rings is 1. The van der Waals surface area contributed by atoms with Gasteiger partial charge in [-0.3, -0.25) is 19.5 Å². The van der Waals surface area contributed by atoms with Crippen LogP contribution in [0.15, 0.2) is 81.7 Å². The minimum Gasteiger partial charge on any atom is -0.493 e. The molecule has 5 rings (SSSR count). The highest BCUT2D eigenvalue weighted by atomic mass is 127. The van der Waals surface area contributed by atoms with Crippen molar-refractivity contribution >= 4 is 51.7 Å². The van der Waals surface area contributed by atoms with Crippen LogP contribution in [0.2, 0.25) is 0 Å². The first-order chi connectivity index (χ1) is 22.5. The topological polar surface area (TPSA) is 131 Å². The first kappa shape index (κ1) is 33.9. The number of non-ortho nitro benzene ring substituents is 1. The van der Waals surface area contributed by atoms with Crippen LogP contribution in [0.4, 0.5) is 5.69 Å². The molecule has 0 spiro atoms. The summed E-state index contributed by atoms with van der Waals surface area (Å²) < 4.78 is 25.6. The number of carbonyl (C=O) groups excluding carboxylic acids is 1. The van der Waals surface area contributed by atoms with Gasteiger partial charge in [0, 0.05) is 12.1 Å². The third-order valence-corrected chi connectivity index (χ3v) is 8.98. The maximum atomic E-state index is 14.1. The van der Waals surface area contributed by atoms with Gasteiger partial charge >= 0.3 is 5.97 Å². The van der Waals surface area contributed by atoms with Crippen molar-refractivity contribution in [2.24, 2.45) is 4.99 Å². The fourth-order valence-electron chi connectivity index (χ4n) is 5.11. The second-order valence-corrected chi connectivity index (χ2v) is 13.0. The van der Waals surface area contributed by atoms with E-state index in [1.807, 2.05) is 32.0 Å². The predicted octanol–water partition coefficient (Wildman–Crippen LogP) is 5.69. The highest BCUT2D eigenvalue weighted by Crippen LogP contribution is 2.36. The second-order valence-electron chi connectivity index (χ2n) is 10.8. The third-order valence-electron chi connectivity index (χ3n) is 7.15. The molecule has 0 unspecified atom stereocenters. The molecule has 0 amide bonds. The molecule has 4 aromatic rings. The Morgan fingerprint density at radius 3 is 2.57 bits per heavy atom. The van der Waals surface area contributed by atoms with Crippen LogP contribution >= 0.6 is 33.9 Å². The number of esters is 1. The van der Waals surface area contributed by atoms with Gasteiger partial charge in [-0.15, -0.1) is 0 Å². The molecule has 0 fully saturated rings. The Morgan fingerprint density at radius 2 is 1.89 bits per heavy atom. The number of hydrogen-bond acceptors (Lipinski definition) is 10. The third kappa shape index (κ3) is 7.41. The van der Waals surface area contributed by atoms with Gasteiger partial charge in [-0.1, -0.05) is 35.6 Å². The van der Waals surface area contributed by atoms with Crippen molar-refractivity contribution < 1.29 is 28.7 Å². The quantitative estimate of drug-likeness (QED) is 0.0824. The van der Waals surface area contributed by atoms with Crippen molar-refractivity contribution in [2.75, 3.05) is 13.7 Å². The molecule has 3 aromatic carbocycles. The van der Waals surface area contributed by atoms with Gasteiger partial charge in [-0.2, -0.15) is 0 Å². The van der Waals surface area contributed by atoms with Gasteiger partial charge in [-0.05, 0) is 97.3 Å². The molecule has 1 aliphatic heterocycles. The average Bonchev–Trinajstić information content (AvgIpc) is 3.33. The van der Waals surface area contributed by atoms with E-state index in [4.69, 9.17) is 18.9 Å². The lowest BCUT2D eigenvalue weighted by Crippen LogP contribution is -2.40. The summed E-state index contributed by atoms with van der Waals surface area (Å²) in [5.74, 6) is 1.07. The number of methoxy groups -OCH3 is 1. The van der Waals surface area contributed by atoms with Gasteiger partial charge in [0.15, 0.2) is 16.3 Å². The number of aromatic nitrogens is 1. The first-order valence-electron chi connectivity index (χ1n) is 14.7. The van der Waals surface area contributed by atoms with E-state index in [9.17, 15) is 19.7 Å². The second kappa shape index (κ2) is 14.5. The zero-order chi connectivity index (χ0) is 33.8. The maximum absolute atomic E-state index is 14.1. The number of rotatable bonds is 11. The molecule has 0 aliphatic carbocycles. The Labute approximate surface area is 288 Å². The molecule has 11 nitrogen and oxygen atoms in total. The molecule has 13 heteroatoms. The Morgan fingerprint density at radius 1 is 1.13 bits per heavy atom. The van der Waals surface area contributed by atoms with Crippen molar-refractivity contribution in [3.05, 3.63) is 122 Å². The van der Waals surface area contributed by atoms with Gasteiger partial charge < -0.3 is 18.9 Å². The minimum absolute atomic E-state index is 0.000663. The van der Waals surface area contributed by atoms with Crippen molar-refractivity contribution in [1.29, 1.82) is 0 Å². The normalized spacial score (nSPS) is 14.4. The lowest BCUT2D eigenvalue weighted by Gasteiger charge is -2.25. The summed E-state index contributed by atoms with van der Waals surface area (Å²) >= 11 is 3.38. The highest BCUT2D eigenvalue weighted by Gasteiger charge is 2.34. The lowest BCUT2D eigenvalue weighted by atomic mass is 9.95. The van der Waals surface area contributed by atoms with E-state index in [0.29, 0.717) is 43.4 Å². The fourth-order valence-corrected chi connectivity index (χ4v) is 6.85. The zero-order valence-electron chi connectivity index (χ0n) is 26.3. The van der Waals surface area contributed by atoms with E-state index in [-0.39, 0.29) is 36.1 Å². The van der Waals surface area contributed by atoms with Gasteiger partial charge in [0.25, 0.3) is 11.2 Å². The van der Waals surface area contributed by atoms with Gasteiger partial charge in [0.05, 0.1) is 50.2 Å². The summed E-state index contributed by atoms with van der Waals surface area (Å²) in [6, 6.07) is 16.3. The van der Waals surface area contributed by atoms with E-state index in [2.05, 4.69) is 27.6 Å². The molecular formula is C34H32IN3O8S. The monoisotopic (exact) mass is 769 g/mol. The molecule has 0 bridgehead atoms. The molecule has 2 heterocycles. The number of halogens is 1. The largest absolute Gasteiger partial charge is 0.493 e. The van der Waals surface area contributed by atoms with Crippen LogP contribution in [-0.4, -0.2) is 35.3 Å². The Balaban J connectivity index is 1.52. The fraction of sp³-hybridized carbons (Fsp3) is 0.265. The molecule has 0 radical (unpaired) electrons. The maximum Gasteiger partial charge on any atom is 0.338 e. The molecule has 244 valence electrons. The van der Waals surface area contributed by atoms with E-state index in [1.165, 1.54) is 35.1 Å². The lowest BCUT2D eigenvalue weighted by molar-refractivity contribution is -0.384. The highest BCUT2D eigenvalue weighted by molar-refractivity contribution is 14.1. The summed E-state index contributed by atoms with van der Waals surface area (Å²) in [4.78, 5) is 43.1. The summed E-state index contributed by atoms with van der Waals surface area (Å²) in [7, 11) is 1.54. The SMILES string of the molecule is CCOC(=O)C1=C(C)N=c2s/c(=C\c3ccc(OCc4cccc([N+](=O)[O-])c4)c(I)c3)c(=O)n2[C@@H]1c1ccc(OC(C)C)c(OC)c1. The molecule has 1 atom stereocenters. The van der Waals surface area contributed by atoms with Crippen LogP contribution in [0, 0.1) is 13.7 Å². The number of fused-ring (bicyclic) bond motifs is 1. The first-order valence-corrected chi connectivity index (χ1v) is 16.6. The number of allylic oxidation sites excluding steroid dienone is 1. The minimum atomic E-state index is -0.806. The number of benzene rings is 3. The van der Waals surface area contributed by atoms with Crippen molar-refractivity contribution in [1.82, 2.24) is 4.57 Å². The number of nitro groups is 1. The predicted molar refractivity (Wildman–Crippen MR) is 186 cm³/mol. The van der Waals surface area contributed by atoms with Gasteiger partial charge in [-0.25, -0.2) is 9.79 Å². The van der Waals surface area contributed by atoms with Crippen LogP contribution in [0.3, 0.4) is 0 Å². The van der Waals surface area contributed by atoms with E-state index in [1.54, 1.807) is 50.3 Å². The molecular weight excluding hydrogens is 737 g/mol. The van der Waals surface area contributed by atoms with E-state index in [0.717, 1.165) is 9.13 Å². The Kier molecular flexibility index (Phi) is 10.4. The zero-order valence-corrected chi connectivity index (χ0v) is 29.3. The summed E-state index contributed by atoms with van der Waals surface area (Å²) in [6.45, 7) is 7.62. The summed E-state index contributed by atoms with van der Waals surface area (Å²) in [6.07, 6.45) is 1.69. The Hall–Kier alpha value is -4.50. The van der Waals surface area contributed by atoms with E-state index >= 15 is 0 Å². The number of nitrogens with zero attached hydrogens (tertiary/aromatic N) is 3. The van der Waals surface area contributed by atoms with Gasteiger partial charge in [0.2, 0.25) is 0 Å². The molecule has 47 heavy (non-hydrogen) atoms. The number of ether oxygens (including phenoxy) is 4. The smallest absolute Gasteiger partial charge is 0.338 e. The summed E-state index contributed by atoms with van der Waals surface area (Å²) in [5, 5.41) is 11.1. The molecule has 0 saturated carbocycles. The molecule has 0 N–H and O–H groups in total. The molecule has 1 aromatic heterocycles. The molecule has 0 saturated heterocycles. The van der Waals surface area contributed by atoms with Crippen molar-refractivity contribution in [3.63, 3.8) is 0 Å². The van der Waals surface area contributed by atoms with Crippen LogP contribution < -0.4 is 29.1 Å². The van der Waals surface area contributed by atoms with Gasteiger partial charge in [0.1, 0.15) is 12.4 Å². The van der Waals surface area contributed by atoms with Crippen LogP contribution in [0.5, 0.6) is 17.2 Å². The van der Waals surface area contributed by atoms with E-state index < -0.39 is 16.9 Å². The average molecular weight is 770 g/mol. The number of carbonyl (C=O) groups is 1. The van der Waals surface area contributed by atoms with Crippen LogP contribution in [0.25, 0.3) is 6.08 Å². The van der Waals surface area contributed by atoms with Crippen LogP contribution in [0.1, 0.15) is 50.4 Å². The number of hydrogen-bond donors (Lipinski definition) is 0. The standard InChI is InChI=1S/C34H32IN3O8S/c1-6-44-33(40)30-20(4)36-34-37(31(30)23-11-13-27(46-19(2)3)28(17-23)43-5)32(39)29(47-34)16-21-10-12-26(25(35)15-21)45-18-22-8-7-9-24(14-22)38(41)42/h7-17,19,31H,6,18H2,1-5H3/b29-16-/t31-/m1/s1. The molecule has 1 aliphatic rings. The van der Waals surface area contributed by atoms with Crippen LogP contribution in [-0.2, 0) is 16.1 Å². The number of nitro benzene ring substituents is 1.